The van der Waals surface area contributed by atoms with Crippen molar-refractivity contribution in [3.8, 4) is 0 Å². The number of benzene rings is 1. The lowest BCUT2D eigenvalue weighted by Gasteiger charge is -2.04. The molecular formula is C18H17N5O4. The average Bonchev–Trinajstić information content (AvgIpc) is 3.00. The highest BCUT2D eigenvalue weighted by Crippen LogP contribution is 2.20. The van der Waals surface area contributed by atoms with E-state index in [-0.39, 0.29) is 18.2 Å². The number of anilines is 1. The molecule has 0 atom stereocenters. The number of aromatic nitrogens is 2. The van der Waals surface area contributed by atoms with Gasteiger partial charge in [0, 0.05) is 28.7 Å². The van der Waals surface area contributed by atoms with Crippen LogP contribution in [0.15, 0.2) is 53.9 Å². The maximum atomic E-state index is 11.8. The molecule has 3 rings (SSSR count). The highest BCUT2D eigenvalue weighted by molar-refractivity contribution is 6.00. The predicted molar refractivity (Wildman–Crippen MR) is 101 cm³/mol. The average molecular weight is 367 g/mol. The smallest absolute Gasteiger partial charge is 0.325 e. The number of hydrogen-bond donors (Lipinski definition) is 1. The highest BCUT2D eigenvalue weighted by atomic mass is 16.6. The number of hydrazone groups is 1. The molecule has 2 heterocycles. The van der Waals surface area contributed by atoms with Crippen molar-refractivity contribution in [1.29, 1.82) is 0 Å². The number of ether oxygens (including phenoxy) is 1. The number of nitrogens with zero attached hydrogens (tertiary/aromatic N) is 4. The standard InChI is InChI=1S/C18H17N5O4/c1-2-27-18(24)12-22-11-13(15-5-3-4-6-16(15)22)9-20-21-17-8-7-14(10-19-17)23(25)26/h3-11H,2,12H2,1H3,(H,19,21)/b20-9+. The number of rotatable bonds is 7. The summed E-state index contributed by atoms with van der Waals surface area (Å²) in [4.78, 5) is 25.8. The zero-order chi connectivity index (χ0) is 19.2. The summed E-state index contributed by atoms with van der Waals surface area (Å²) >= 11 is 0. The minimum atomic E-state index is -0.515. The molecule has 3 aromatic rings. The second-order valence-corrected chi connectivity index (χ2v) is 5.56. The zero-order valence-electron chi connectivity index (χ0n) is 14.5. The Labute approximate surface area is 154 Å². The lowest BCUT2D eigenvalue weighted by atomic mass is 10.2. The lowest BCUT2D eigenvalue weighted by Crippen LogP contribution is -2.12. The predicted octanol–water partition coefficient (Wildman–Crippen LogP) is 2.95. The molecule has 1 aromatic carbocycles. The number of carbonyl (C=O) groups is 1. The lowest BCUT2D eigenvalue weighted by molar-refractivity contribution is -0.385. The molecule has 1 N–H and O–H groups in total. The van der Waals surface area contributed by atoms with Crippen molar-refractivity contribution >= 4 is 34.6 Å². The Bertz CT molecular complexity index is 995. The fraction of sp³-hybridized carbons (Fsp3) is 0.167. The highest BCUT2D eigenvalue weighted by Gasteiger charge is 2.10. The van der Waals surface area contributed by atoms with E-state index in [4.69, 9.17) is 4.74 Å². The first-order valence-electron chi connectivity index (χ1n) is 8.21. The van der Waals surface area contributed by atoms with Gasteiger partial charge in [0.15, 0.2) is 0 Å². The van der Waals surface area contributed by atoms with Gasteiger partial charge in [0.05, 0.1) is 17.7 Å². The molecule has 2 aromatic heterocycles. The largest absolute Gasteiger partial charge is 0.465 e. The fourth-order valence-electron chi connectivity index (χ4n) is 2.58. The Morgan fingerprint density at radius 1 is 1.37 bits per heavy atom. The second-order valence-electron chi connectivity index (χ2n) is 5.56. The van der Waals surface area contributed by atoms with Gasteiger partial charge < -0.3 is 9.30 Å². The minimum Gasteiger partial charge on any atom is -0.465 e. The van der Waals surface area contributed by atoms with Crippen molar-refractivity contribution in [3.63, 3.8) is 0 Å². The Balaban J connectivity index is 1.78. The SMILES string of the molecule is CCOC(=O)Cn1cc(/C=N/Nc2ccc([N+](=O)[O-])cn2)c2ccccc21. The summed E-state index contributed by atoms with van der Waals surface area (Å²) in [6.45, 7) is 2.21. The van der Waals surface area contributed by atoms with Crippen molar-refractivity contribution in [2.24, 2.45) is 5.10 Å². The van der Waals surface area contributed by atoms with Crippen LogP contribution in [-0.2, 0) is 16.1 Å². The van der Waals surface area contributed by atoms with Gasteiger partial charge in [0.2, 0.25) is 0 Å². The third-order valence-corrected chi connectivity index (χ3v) is 3.77. The van der Waals surface area contributed by atoms with E-state index in [2.05, 4.69) is 15.5 Å². The van der Waals surface area contributed by atoms with Crippen LogP contribution in [0.4, 0.5) is 11.5 Å². The van der Waals surface area contributed by atoms with E-state index in [1.54, 1.807) is 17.7 Å². The molecule has 9 heteroatoms. The first-order chi connectivity index (χ1) is 13.1. The van der Waals surface area contributed by atoms with E-state index >= 15 is 0 Å². The van der Waals surface area contributed by atoms with Crippen LogP contribution in [-0.4, -0.2) is 33.3 Å². The summed E-state index contributed by atoms with van der Waals surface area (Å²) in [5.41, 5.74) is 4.34. The van der Waals surface area contributed by atoms with Crippen LogP contribution in [0.5, 0.6) is 0 Å². The van der Waals surface area contributed by atoms with Gasteiger partial charge in [-0.25, -0.2) is 4.98 Å². The molecule has 0 fully saturated rings. The van der Waals surface area contributed by atoms with E-state index < -0.39 is 4.92 Å². The first kappa shape index (κ1) is 18.1. The Morgan fingerprint density at radius 2 is 2.19 bits per heavy atom. The molecule has 9 nitrogen and oxygen atoms in total. The third kappa shape index (κ3) is 4.27. The summed E-state index contributed by atoms with van der Waals surface area (Å²) in [6, 6.07) is 10.5. The summed E-state index contributed by atoms with van der Waals surface area (Å²) in [5.74, 6) is 0.0714. The normalized spacial score (nSPS) is 11.0. The molecule has 27 heavy (non-hydrogen) atoms. The number of nitrogens with one attached hydrogen (secondary N) is 1. The van der Waals surface area contributed by atoms with Crippen molar-refractivity contribution in [2.75, 3.05) is 12.0 Å². The minimum absolute atomic E-state index is 0.0911. The molecule has 0 bridgehead atoms. The van der Waals surface area contributed by atoms with E-state index in [0.717, 1.165) is 22.7 Å². The monoisotopic (exact) mass is 367 g/mol. The summed E-state index contributed by atoms with van der Waals surface area (Å²) < 4.78 is 6.81. The maximum absolute atomic E-state index is 11.8. The molecule has 0 aliphatic heterocycles. The van der Waals surface area contributed by atoms with Crippen LogP contribution in [0, 0.1) is 10.1 Å². The molecule has 0 aliphatic carbocycles. The number of nitro groups is 1. The van der Waals surface area contributed by atoms with Crippen LogP contribution in [0.1, 0.15) is 12.5 Å². The third-order valence-electron chi connectivity index (χ3n) is 3.77. The molecule has 0 unspecified atom stereocenters. The number of fused-ring (bicyclic) bond motifs is 1. The molecule has 0 spiro atoms. The number of pyridine rings is 1. The molecule has 0 aliphatic rings. The molecule has 0 saturated heterocycles. The van der Waals surface area contributed by atoms with E-state index in [1.165, 1.54) is 12.1 Å². The van der Waals surface area contributed by atoms with E-state index in [1.807, 2.05) is 30.5 Å². The number of esters is 1. The van der Waals surface area contributed by atoms with Gasteiger partial charge in [0.25, 0.3) is 5.69 Å². The van der Waals surface area contributed by atoms with Gasteiger partial charge in [-0.2, -0.15) is 5.10 Å². The van der Waals surface area contributed by atoms with Gasteiger partial charge >= 0.3 is 5.97 Å². The first-order valence-corrected chi connectivity index (χ1v) is 8.21. The van der Waals surface area contributed by atoms with Gasteiger partial charge in [-0.05, 0) is 19.1 Å². The Morgan fingerprint density at radius 3 is 2.89 bits per heavy atom. The number of para-hydroxylation sites is 1. The summed E-state index contributed by atoms with van der Waals surface area (Å²) in [7, 11) is 0. The molecule has 0 amide bonds. The molecule has 138 valence electrons. The molecule has 0 radical (unpaired) electrons. The fourth-order valence-corrected chi connectivity index (χ4v) is 2.58. The van der Waals surface area contributed by atoms with Crippen molar-refractivity contribution in [2.45, 2.75) is 13.5 Å². The topological polar surface area (TPSA) is 112 Å². The Hall–Kier alpha value is -3.75. The number of hydrogen-bond acceptors (Lipinski definition) is 7. The second kappa shape index (κ2) is 8.09. The number of carbonyl (C=O) groups excluding carboxylic acids is 1. The van der Waals surface area contributed by atoms with Crippen LogP contribution in [0.25, 0.3) is 10.9 Å². The quantitative estimate of drug-likeness (QED) is 0.297. The van der Waals surface area contributed by atoms with Gasteiger partial charge in [-0.15, -0.1) is 0 Å². The zero-order valence-corrected chi connectivity index (χ0v) is 14.5. The van der Waals surface area contributed by atoms with Crippen molar-refractivity contribution < 1.29 is 14.5 Å². The van der Waals surface area contributed by atoms with Gasteiger partial charge in [0.1, 0.15) is 18.6 Å². The van der Waals surface area contributed by atoms with Crippen LogP contribution < -0.4 is 5.43 Å². The molecule has 0 saturated carbocycles. The van der Waals surface area contributed by atoms with Crippen LogP contribution in [0.2, 0.25) is 0 Å². The van der Waals surface area contributed by atoms with Crippen molar-refractivity contribution in [3.05, 3.63) is 64.5 Å². The van der Waals surface area contributed by atoms with Gasteiger partial charge in [-0.3, -0.25) is 20.3 Å². The van der Waals surface area contributed by atoms with Crippen LogP contribution in [0.3, 0.4) is 0 Å². The van der Waals surface area contributed by atoms with E-state index in [9.17, 15) is 14.9 Å². The Kier molecular flexibility index (Phi) is 5.41. The maximum Gasteiger partial charge on any atom is 0.325 e. The summed E-state index contributed by atoms with van der Waals surface area (Å²) in [6.07, 6.45) is 4.58. The van der Waals surface area contributed by atoms with Crippen molar-refractivity contribution in [1.82, 2.24) is 9.55 Å². The van der Waals surface area contributed by atoms with Gasteiger partial charge in [-0.1, -0.05) is 18.2 Å². The van der Waals surface area contributed by atoms with E-state index in [0.29, 0.717) is 12.4 Å². The summed E-state index contributed by atoms with van der Waals surface area (Å²) in [5, 5.41) is 15.7. The van der Waals surface area contributed by atoms with Crippen LogP contribution >= 0.6 is 0 Å². The molecular weight excluding hydrogens is 350 g/mol.